The van der Waals surface area contributed by atoms with Crippen molar-refractivity contribution >= 4 is 5.91 Å². The number of rotatable bonds is 5. The number of nitrogens with zero attached hydrogens (tertiary/aromatic N) is 5. The Morgan fingerprint density at radius 2 is 2.12 bits per heavy atom. The zero-order chi connectivity index (χ0) is 18.1. The molecule has 8 nitrogen and oxygen atoms in total. The van der Waals surface area contributed by atoms with Crippen molar-refractivity contribution in [3.05, 3.63) is 47.5 Å². The first-order chi connectivity index (χ1) is 11.9. The van der Waals surface area contributed by atoms with Gasteiger partial charge in [0.15, 0.2) is 0 Å². The number of carbonyl (C=O) groups excluding carboxylic acids is 1. The second-order valence-corrected chi connectivity index (χ2v) is 6.67. The SMILES string of the molecule is C[C@H](NC1NN(C)C(=O)c2cccnc21)[C@H](c1cnn(C)c1)N(C)C. The van der Waals surface area contributed by atoms with Gasteiger partial charge in [-0.3, -0.25) is 24.8 Å². The van der Waals surface area contributed by atoms with Crippen LogP contribution < -0.4 is 10.7 Å². The van der Waals surface area contributed by atoms with Gasteiger partial charge in [-0.1, -0.05) is 0 Å². The zero-order valence-electron chi connectivity index (χ0n) is 15.3. The minimum Gasteiger partial charge on any atom is -0.301 e. The number of likely N-dealkylation sites (N-methyl/N-ethyl adjacent to an activating group) is 1. The van der Waals surface area contributed by atoms with E-state index in [0.29, 0.717) is 5.56 Å². The molecule has 0 spiro atoms. The van der Waals surface area contributed by atoms with E-state index in [4.69, 9.17) is 0 Å². The summed E-state index contributed by atoms with van der Waals surface area (Å²) >= 11 is 0. The van der Waals surface area contributed by atoms with Crippen LogP contribution in [-0.4, -0.2) is 57.8 Å². The highest BCUT2D eigenvalue weighted by Crippen LogP contribution is 2.25. The summed E-state index contributed by atoms with van der Waals surface area (Å²) < 4.78 is 1.81. The Hall–Kier alpha value is -2.29. The van der Waals surface area contributed by atoms with E-state index < -0.39 is 0 Å². The third-order valence-corrected chi connectivity index (χ3v) is 4.50. The number of hydrogen-bond acceptors (Lipinski definition) is 6. The third kappa shape index (κ3) is 3.41. The number of nitrogens with one attached hydrogen (secondary N) is 2. The second kappa shape index (κ2) is 6.91. The maximum atomic E-state index is 12.3. The number of hydrazine groups is 1. The topological polar surface area (TPSA) is 78.3 Å². The molecule has 3 rings (SSSR count). The lowest BCUT2D eigenvalue weighted by Crippen LogP contribution is -2.54. The van der Waals surface area contributed by atoms with Crippen molar-refractivity contribution in [3.8, 4) is 0 Å². The van der Waals surface area contributed by atoms with E-state index in [0.717, 1.165) is 11.3 Å². The Morgan fingerprint density at radius 1 is 1.36 bits per heavy atom. The van der Waals surface area contributed by atoms with E-state index in [1.165, 1.54) is 5.01 Å². The maximum Gasteiger partial charge on any atom is 0.269 e. The van der Waals surface area contributed by atoms with Crippen LogP contribution in [0.3, 0.4) is 0 Å². The average Bonchev–Trinajstić information content (AvgIpc) is 2.98. The average molecular weight is 343 g/mol. The molecular weight excluding hydrogens is 318 g/mol. The Morgan fingerprint density at radius 3 is 2.76 bits per heavy atom. The van der Waals surface area contributed by atoms with Crippen molar-refractivity contribution < 1.29 is 4.79 Å². The van der Waals surface area contributed by atoms with Crippen LogP contribution in [0, 0.1) is 0 Å². The molecule has 3 heterocycles. The first-order valence-electron chi connectivity index (χ1n) is 8.28. The molecule has 0 saturated carbocycles. The van der Waals surface area contributed by atoms with Crippen LogP contribution >= 0.6 is 0 Å². The van der Waals surface area contributed by atoms with Crippen molar-refractivity contribution in [2.45, 2.75) is 25.2 Å². The van der Waals surface area contributed by atoms with Gasteiger partial charge in [-0.25, -0.2) is 5.43 Å². The standard InChI is InChI=1S/C17H25N7O/c1-11(15(22(2)3)12-9-19-23(4)10-12)20-16-14-13(7-6-8-18-14)17(25)24(5)21-16/h6-11,15-16,20-21H,1-5H3/t11-,15+,16?/m0/s1. The lowest BCUT2D eigenvalue weighted by molar-refractivity contribution is 0.0597. The summed E-state index contributed by atoms with van der Waals surface area (Å²) in [5, 5.41) is 9.36. The maximum absolute atomic E-state index is 12.3. The van der Waals surface area contributed by atoms with E-state index in [-0.39, 0.29) is 24.2 Å². The van der Waals surface area contributed by atoms with E-state index in [2.05, 4.69) is 32.6 Å². The second-order valence-electron chi connectivity index (χ2n) is 6.67. The fraction of sp³-hybridized carbons (Fsp3) is 0.471. The van der Waals surface area contributed by atoms with Crippen molar-refractivity contribution in [1.82, 2.24) is 35.4 Å². The predicted octanol–water partition coefficient (Wildman–Crippen LogP) is 0.685. The van der Waals surface area contributed by atoms with Crippen LogP contribution in [0.15, 0.2) is 30.7 Å². The Balaban J connectivity index is 1.85. The molecule has 2 aromatic rings. The van der Waals surface area contributed by atoms with Gasteiger partial charge < -0.3 is 4.90 Å². The predicted molar refractivity (Wildman–Crippen MR) is 94.4 cm³/mol. The summed E-state index contributed by atoms with van der Waals surface area (Å²) in [5.41, 5.74) is 5.65. The Bertz CT molecular complexity index is 757. The fourth-order valence-corrected chi connectivity index (χ4v) is 3.42. The molecule has 0 bridgehead atoms. The van der Waals surface area contributed by atoms with E-state index in [1.807, 2.05) is 39.6 Å². The lowest BCUT2D eigenvalue weighted by Gasteiger charge is -2.37. The summed E-state index contributed by atoms with van der Waals surface area (Å²) in [6.07, 6.45) is 5.38. The molecule has 1 amide bonds. The molecule has 2 aromatic heterocycles. The number of amides is 1. The number of carbonyl (C=O) groups is 1. The molecule has 1 aliphatic heterocycles. The van der Waals surface area contributed by atoms with Gasteiger partial charge in [-0.2, -0.15) is 5.10 Å². The molecule has 25 heavy (non-hydrogen) atoms. The molecule has 3 atom stereocenters. The van der Waals surface area contributed by atoms with Crippen LogP contribution in [0.4, 0.5) is 0 Å². The van der Waals surface area contributed by atoms with Crippen molar-refractivity contribution in [1.29, 1.82) is 0 Å². The van der Waals surface area contributed by atoms with E-state index >= 15 is 0 Å². The molecule has 0 saturated heterocycles. The molecule has 8 heteroatoms. The van der Waals surface area contributed by atoms with Gasteiger partial charge in [0.1, 0.15) is 6.17 Å². The monoisotopic (exact) mass is 343 g/mol. The zero-order valence-corrected chi connectivity index (χ0v) is 15.3. The number of aromatic nitrogens is 3. The normalized spacial score (nSPS) is 19.8. The number of pyridine rings is 1. The highest BCUT2D eigenvalue weighted by molar-refractivity contribution is 5.95. The van der Waals surface area contributed by atoms with Gasteiger partial charge in [0.2, 0.25) is 0 Å². The summed E-state index contributed by atoms with van der Waals surface area (Å²) in [6, 6.07) is 3.82. The van der Waals surface area contributed by atoms with Crippen LogP contribution in [-0.2, 0) is 7.05 Å². The third-order valence-electron chi connectivity index (χ3n) is 4.50. The highest BCUT2D eigenvalue weighted by Gasteiger charge is 2.33. The number of fused-ring (bicyclic) bond motifs is 1. The van der Waals surface area contributed by atoms with Gasteiger partial charge in [0.05, 0.1) is 23.5 Å². The van der Waals surface area contributed by atoms with Gasteiger partial charge in [-0.05, 0) is 33.2 Å². The first-order valence-corrected chi connectivity index (χ1v) is 8.28. The van der Waals surface area contributed by atoms with Crippen LogP contribution in [0.2, 0.25) is 0 Å². The quantitative estimate of drug-likeness (QED) is 0.831. The molecule has 0 fully saturated rings. The van der Waals surface area contributed by atoms with Gasteiger partial charge >= 0.3 is 0 Å². The molecule has 2 N–H and O–H groups in total. The van der Waals surface area contributed by atoms with Crippen molar-refractivity contribution in [2.24, 2.45) is 7.05 Å². The summed E-state index contributed by atoms with van der Waals surface area (Å²) in [5.74, 6) is -0.0785. The highest BCUT2D eigenvalue weighted by atomic mass is 16.2. The largest absolute Gasteiger partial charge is 0.301 e. The van der Waals surface area contributed by atoms with Gasteiger partial charge in [-0.15, -0.1) is 0 Å². The Labute approximate surface area is 147 Å². The number of hydrogen-bond donors (Lipinski definition) is 2. The van der Waals surface area contributed by atoms with Crippen molar-refractivity contribution in [2.75, 3.05) is 21.1 Å². The minimum absolute atomic E-state index is 0.0785. The van der Waals surface area contributed by atoms with E-state index in [9.17, 15) is 4.79 Å². The fourth-order valence-electron chi connectivity index (χ4n) is 3.42. The summed E-state index contributed by atoms with van der Waals surface area (Å²) in [7, 11) is 7.73. The molecule has 1 unspecified atom stereocenters. The molecule has 1 aliphatic rings. The molecule has 0 aromatic carbocycles. The van der Waals surface area contributed by atoms with Crippen molar-refractivity contribution in [3.63, 3.8) is 0 Å². The first kappa shape index (κ1) is 17.5. The van der Waals surface area contributed by atoms with Gasteiger partial charge in [0.25, 0.3) is 5.91 Å². The van der Waals surface area contributed by atoms with Crippen LogP contribution in [0.1, 0.15) is 40.7 Å². The van der Waals surface area contributed by atoms with Crippen LogP contribution in [0.25, 0.3) is 0 Å². The lowest BCUT2D eigenvalue weighted by atomic mass is 10.0. The molecule has 0 aliphatic carbocycles. The smallest absolute Gasteiger partial charge is 0.269 e. The Kier molecular flexibility index (Phi) is 4.85. The summed E-state index contributed by atoms with van der Waals surface area (Å²) in [4.78, 5) is 18.9. The van der Waals surface area contributed by atoms with Crippen LogP contribution in [0.5, 0.6) is 0 Å². The minimum atomic E-state index is -0.243. The van der Waals surface area contributed by atoms with E-state index in [1.54, 1.807) is 24.0 Å². The number of aryl methyl sites for hydroxylation is 1. The van der Waals surface area contributed by atoms with Gasteiger partial charge in [0, 0.05) is 38.1 Å². The molecular formula is C17H25N7O. The molecule has 0 radical (unpaired) electrons. The summed E-state index contributed by atoms with van der Waals surface area (Å²) in [6.45, 7) is 2.12. The molecule has 134 valence electrons.